The van der Waals surface area contributed by atoms with Crippen LogP contribution in [-0.4, -0.2) is 11.5 Å². The zero-order valence-electron chi connectivity index (χ0n) is 8.39. The summed E-state index contributed by atoms with van der Waals surface area (Å²) in [6.45, 7) is 3.15. The molecule has 0 bridgehead atoms. The number of nitrogens with two attached hydrogens (primary N) is 1. The summed E-state index contributed by atoms with van der Waals surface area (Å²) < 4.78 is 0.925. The maximum atomic E-state index is 5.78. The van der Waals surface area contributed by atoms with Crippen LogP contribution in [0.3, 0.4) is 0 Å². The van der Waals surface area contributed by atoms with Crippen molar-refractivity contribution in [2.75, 3.05) is 17.6 Å². The highest BCUT2D eigenvalue weighted by Crippen LogP contribution is 2.26. The van der Waals surface area contributed by atoms with Gasteiger partial charge >= 0.3 is 0 Å². The highest BCUT2D eigenvalue weighted by molar-refractivity contribution is 9.10. The molecule has 0 aliphatic carbocycles. The van der Waals surface area contributed by atoms with E-state index in [1.165, 1.54) is 19.3 Å². The molecule has 1 heterocycles. The van der Waals surface area contributed by atoms with E-state index in [4.69, 9.17) is 5.73 Å². The minimum Gasteiger partial charge on any atom is -0.396 e. The Labute approximate surface area is 93.2 Å². The molecule has 0 saturated carbocycles. The first-order chi connectivity index (χ1) is 6.75. The summed E-state index contributed by atoms with van der Waals surface area (Å²) in [6, 6.07) is 0. The molecule has 78 valence electrons. The van der Waals surface area contributed by atoms with Crippen LogP contribution in [0.25, 0.3) is 0 Å². The molecule has 0 atom stereocenters. The van der Waals surface area contributed by atoms with Crippen molar-refractivity contribution in [1.29, 1.82) is 0 Å². The number of nitrogens with one attached hydrogen (secondary N) is 1. The molecule has 4 heteroatoms. The van der Waals surface area contributed by atoms with Crippen molar-refractivity contribution in [2.24, 2.45) is 0 Å². The molecule has 0 spiro atoms. The van der Waals surface area contributed by atoms with Crippen molar-refractivity contribution in [1.82, 2.24) is 4.98 Å². The van der Waals surface area contributed by atoms with Crippen LogP contribution in [0.15, 0.2) is 16.9 Å². The lowest BCUT2D eigenvalue weighted by Crippen LogP contribution is -2.05. The highest BCUT2D eigenvalue weighted by atomic mass is 79.9. The van der Waals surface area contributed by atoms with Gasteiger partial charge in [-0.15, -0.1) is 0 Å². The lowest BCUT2D eigenvalue weighted by Gasteiger charge is -2.10. The molecule has 0 aliphatic heterocycles. The lowest BCUT2D eigenvalue weighted by molar-refractivity contribution is 0.743. The third kappa shape index (κ3) is 3.18. The van der Waals surface area contributed by atoms with Gasteiger partial charge in [0.25, 0.3) is 0 Å². The summed E-state index contributed by atoms with van der Waals surface area (Å²) in [6.07, 6.45) is 7.06. The predicted molar refractivity (Wildman–Crippen MR) is 64.4 cm³/mol. The van der Waals surface area contributed by atoms with E-state index in [9.17, 15) is 0 Å². The van der Waals surface area contributed by atoms with Crippen LogP contribution in [0.5, 0.6) is 0 Å². The second-order valence-electron chi connectivity index (χ2n) is 3.22. The summed E-state index contributed by atoms with van der Waals surface area (Å²) >= 11 is 3.41. The smallest absolute Gasteiger partial charge is 0.0750 e. The Morgan fingerprint density at radius 2 is 2.21 bits per heavy atom. The van der Waals surface area contributed by atoms with Crippen LogP contribution in [0.4, 0.5) is 11.4 Å². The number of hydrogen-bond donors (Lipinski definition) is 2. The molecule has 14 heavy (non-hydrogen) atoms. The van der Waals surface area contributed by atoms with Gasteiger partial charge < -0.3 is 11.1 Å². The van der Waals surface area contributed by atoms with Crippen LogP contribution < -0.4 is 11.1 Å². The quantitative estimate of drug-likeness (QED) is 0.798. The van der Waals surface area contributed by atoms with Crippen molar-refractivity contribution >= 4 is 27.3 Å². The van der Waals surface area contributed by atoms with E-state index in [2.05, 4.69) is 33.2 Å². The van der Waals surface area contributed by atoms with Crippen molar-refractivity contribution < 1.29 is 0 Å². The molecule has 0 aliphatic rings. The Bertz CT molecular complexity index is 268. The maximum Gasteiger partial charge on any atom is 0.0750 e. The largest absolute Gasteiger partial charge is 0.396 e. The molecule has 1 rings (SSSR count). The first-order valence-corrected chi connectivity index (χ1v) is 5.68. The molecule has 0 unspecified atom stereocenters. The average Bonchev–Trinajstić information content (AvgIpc) is 2.16. The van der Waals surface area contributed by atoms with Gasteiger partial charge in [-0.25, -0.2) is 0 Å². The van der Waals surface area contributed by atoms with Crippen molar-refractivity contribution in [2.45, 2.75) is 26.2 Å². The fraction of sp³-hybridized carbons (Fsp3) is 0.500. The minimum absolute atomic E-state index is 0.691. The van der Waals surface area contributed by atoms with Gasteiger partial charge in [0.2, 0.25) is 0 Å². The van der Waals surface area contributed by atoms with E-state index in [1.807, 2.05) is 0 Å². The summed E-state index contributed by atoms with van der Waals surface area (Å²) in [5.41, 5.74) is 7.43. The second-order valence-corrected chi connectivity index (χ2v) is 4.07. The monoisotopic (exact) mass is 257 g/mol. The SMILES string of the molecule is CCCCCNc1c(N)cncc1Br. The van der Waals surface area contributed by atoms with Crippen molar-refractivity contribution in [3.05, 3.63) is 16.9 Å². The van der Waals surface area contributed by atoms with Gasteiger partial charge in [0.1, 0.15) is 0 Å². The number of unbranched alkanes of at least 4 members (excludes halogenated alkanes) is 2. The standard InChI is InChI=1S/C10H16BrN3/c1-2-3-4-5-14-10-8(11)6-13-7-9(10)12/h6-7H,2-5,12H2,1H3,(H,13,14). The number of rotatable bonds is 5. The van der Waals surface area contributed by atoms with Gasteiger partial charge in [0.05, 0.1) is 22.0 Å². The van der Waals surface area contributed by atoms with Gasteiger partial charge in [-0.2, -0.15) is 0 Å². The average molecular weight is 258 g/mol. The number of nitrogen functional groups attached to an aromatic ring is 1. The summed E-state index contributed by atoms with van der Waals surface area (Å²) in [5.74, 6) is 0. The van der Waals surface area contributed by atoms with Gasteiger partial charge in [-0.05, 0) is 22.4 Å². The third-order valence-corrected chi connectivity index (χ3v) is 2.61. The highest BCUT2D eigenvalue weighted by Gasteiger charge is 2.02. The zero-order chi connectivity index (χ0) is 10.4. The van der Waals surface area contributed by atoms with Crippen LogP contribution in [0.1, 0.15) is 26.2 Å². The Kier molecular flexibility index (Phi) is 4.73. The molecular formula is C10H16BrN3. The molecule has 0 aromatic carbocycles. The van der Waals surface area contributed by atoms with Gasteiger partial charge in [-0.1, -0.05) is 19.8 Å². The topological polar surface area (TPSA) is 50.9 Å². The number of nitrogens with zero attached hydrogens (tertiary/aromatic N) is 1. The van der Waals surface area contributed by atoms with Crippen LogP contribution in [0, 0.1) is 0 Å². The third-order valence-electron chi connectivity index (χ3n) is 2.01. The summed E-state index contributed by atoms with van der Waals surface area (Å²) in [4.78, 5) is 3.98. The Hall–Kier alpha value is -0.770. The first-order valence-electron chi connectivity index (χ1n) is 4.88. The number of pyridine rings is 1. The van der Waals surface area contributed by atoms with E-state index in [0.29, 0.717) is 5.69 Å². The van der Waals surface area contributed by atoms with Gasteiger partial charge in [0.15, 0.2) is 0 Å². The van der Waals surface area contributed by atoms with E-state index >= 15 is 0 Å². The fourth-order valence-corrected chi connectivity index (χ4v) is 1.71. The molecule has 3 nitrogen and oxygen atoms in total. The number of hydrogen-bond acceptors (Lipinski definition) is 3. The molecule has 0 saturated heterocycles. The normalized spacial score (nSPS) is 10.1. The molecule has 0 fully saturated rings. The number of anilines is 2. The predicted octanol–water partition coefficient (Wildman–Crippen LogP) is 3.03. The van der Waals surface area contributed by atoms with Crippen LogP contribution in [0.2, 0.25) is 0 Å². The minimum atomic E-state index is 0.691. The van der Waals surface area contributed by atoms with E-state index in [1.54, 1.807) is 12.4 Å². The fourth-order valence-electron chi connectivity index (χ4n) is 1.22. The van der Waals surface area contributed by atoms with E-state index in [0.717, 1.165) is 16.7 Å². The zero-order valence-corrected chi connectivity index (χ0v) is 9.97. The van der Waals surface area contributed by atoms with Crippen molar-refractivity contribution in [3.8, 4) is 0 Å². The van der Waals surface area contributed by atoms with E-state index in [-0.39, 0.29) is 0 Å². The number of halogens is 1. The molecular weight excluding hydrogens is 242 g/mol. The first kappa shape index (κ1) is 11.3. The van der Waals surface area contributed by atoms with Gasteiger partial charge in [0, 0.05) is 12.7 Å². The molecule has 0 radical (unpaired) electrons. The maximum absolute atomic E-state index is 5.78. The summed E-state index contributed by atoms with van der Waals surface area (Å²) in [7, 11) is 0. The molecule has 3 N–H and O–H groups in total. The second kappa shape index (κ2) is 5.86. The van der Waals surface area contributed by atoms with Crippen molar-refractivity contribution in [3.63, 3.8) is 0 Å². The van der Waals surface area contributed by atoms with Crippen LogP contribution >= 0.6 is 15.9 Å². The summed E-state index contributed by atoms with van der Waals surface area (Å²) in [5, 5.41) is 3.30. The van der Waals surface area contributed by atoms with Gasteiger partial charge in [-0.3, -0.25) is 4.98 Å². The Morgan fingerprint density at radius 3 is 2.86 bits per heavy atom. The van der Waals surface area contributed by atoms with E-state index < -0.39 is 0 Å². The molecule has 1 aromatic heterocycles. The lowest BCUT2D eigenvalue weighted by atomic mass is 10.2. The van der Waals surface area contributed by atoms with Crippen LogP contribution in [-0.2, 0) is 0 Å². The number of aromatic nitrogens is 1. The molecule has 1 aromatic rings. The Morgan fingerprint density at radius 1 is 1.43 bits per heavy atom. The molecule has 0 amide bonds. The Balaban J connectivity index is 2.49.